The summed E-state index contributed by atoms with van der Waals surface area (Å²) in [6, 6.07) is 0. The van der Waals surface area contributed by atoms with Crippen LogP contribution in [0.3, 0.4) is 0 Å². The van der Waals surface area contributed by atoms with Crippen LogP contribution in [0.15, 0.2) is 0 Å². The van der Waals surface area contributed by atoms with Crippen molar-refractivity contribution in [2.45, 2.75) is 6.42 Å². The van der Waals surface area contributed by atoms with Gasteiger partial charge < -0.3 is 10.1 Å². The van der Waals surface area contributed by atoms with Gasteiger partial charge in [0.25, 0.3) is 0 Å². The van der Waals surface area contributed by atoms with E-state index in [0.29, 0.717) is 11.8 Å². The molecule has 1 N–H and O–H groups in total. The summed E-state index contributed by atoms with van der Waals surface area (Å²) in [5.74, 6) is 1.47. The zero-order valence-corrected chi connectivity index (χ0v) is 12.6. The van der Waals surface area contributed by atoms with Crippen molar-refractivity contribution in [1.29, 1.82) is 0 Å². The minimum absolute atomic E-state index is 0. The number of hydrogen-bond donors (Lipinski definition) is 1. The van der Waals surface area contributed by atoms with Gasteiger partial charge in [-0.3, -0.25) is 0 Å². The van der Waals surface area contributed by atoms with E-state index in [1.54, 1.807) is 14.1 Å². The first-order chi connectivity index (χ1) is 8.00. The van der Waals surface area contributed by atoms with Gasteiger partial charge in [0, 0.05) is 27.3 Å². The van der Waals surface area contributed by atoms with E-state index >= 15 is 0 Å². The molecular weight excluding hydrogens is 276 g/mol. The van der Waals surface area contributed by atoms with Crippen LogP contribution in [0, 0.1) is 17.8 Å². The van der Waals surface area contributed by atoms with Crippen molar-refractivity contribution >= 4 is 22.4 Å². The summed E-state index contributed by atoms with van der Waals surface area (Å²) in [4.78, 5) is 0. The molecule has 5 nitrogen and oxygen atoms in total. The Morgan fingerprint density at radius 3 is 2.61 bits per heavy atom. The normalized spacial score (nSPS) is 32.7. The Morgan fingerprint density at radius 2 is 2.06 bits per heavy atom. The molecule has 18 heavy (non-hydrogen) atoms. The molecule has 2 aliphatic rings. The second-order valence-electron chi connectivity index (χ2n) is 5.27. The number of nitrogens with one attached hydrogen (secondary N) is 1. The summed E-state index contributed by atoms with van der Waals surface area (Å²) < 4.78 is 30.6. The van der Waals surface area contributed by atoms with E-state index in [9.17, 15) is 8.42 Å². The molecule has 7 heteroatoms. The fraction of sp³-hybridized carbons (Fsp3) is 1.00. The molecule has 2 saturated heterocycles. The number of nitrogens with zero attached hydrogens (tertiary/aromatic N) is 1. The number of halogens is 1. The van der Waals surface area contributed by atoms with Crippen LogP contribution in [0.4, 0.5) is 0 Å². The first kappa shape index (κ1) is 16.2. The van der Waals surface area contributed by atoms with Crippen molar-refractivity contribution in [3.8, 4) is 0 Å². The lowest BCUT2D eigenvalue weighted by Crippen LogP contribution is -2.34. The Labute approximate surface area is 116 Å². The summed E-state index contributed by atoms with van der Waals surface area (Å²) in [6.45, 7) is 3.37. The molecule has 0 amide bonds. The van der Waals surface area contributed by atoms with Crippen molar-refractivity contribution in [2.75, 3.05) is 46.2 Å². The quantitative estimate of drug-likeness (QED) is 0.804. The van der Waals surface area contributed by atoms with Gasteiger partial charge in [0.2, 0.25) is 10.0 Å². The number of sulfonamides is 1. The molecule has 3 unspecified atom stereocenters. The zero-order valence-electron chi connectivity index (χ0n) is 11.0. The summed E-state index contributed by atoms with van der Waals surface area (Å²) in [6.07, 6.45) is 1.07. The topological polar surface area (TPSA) is 58.6 Å². The van der Waals surface area contributed by atoms with Crippen LogP contribution >= 0.6 is 12.4 Å². The standard InChI is InChI=1S/C11H22N2O3S.ClH/c1-13(2)17(14,15)8-10-5-12-6-11(10)9-3-4-16-7-9;/h9-12H,3-8H2,1-2H3;1H. The maximum atomic E-state index is 11.9. The van der Waals surface area contributed by atoms with Crippen LogP contribution in [0.25, 0.3) is 0 Å². The smallest absolute Gasteiger partial charge is 0.213 e. The first-order valence-electron chi connectivity index (χ1n) is 6.19. The monoisotopic (exact) mass is 298 g/mol. The summed E-state index contributed by atoms with van der Waals surface area (Å²) in [5, 5.41) is 3.32. The van der Waals surface area contributed by atoms with Gasteiger partial charge in [0.1, 0.15) is 0 Å². The van der Waals surface area contributed by atoms with Crippen LogP contribution < -0.4 is 5.32 Å². The summed E-state index contributed by atoms with van der Waals surface area (Å²) in [7, 11) is 0.114. The molecule has 0 aromatic carbocycles. The van der Waals surface area contributed by atoms with Crippen molar-refractivity contribution < 1.29 is 13.2 Å². The third-order valence-electron chi connectivity index (χ3n) is 3.94. The Hall–Kier alpha value is 0.120. The van der Waals surface area contributed by atoms with Crippen LogP contribution in [-0.4, -0.2) is 58.9 Å². The molecule has 0 spiro atoms. The fourth-order valence-electron chi connectivity index (χ4n) is 2.80. The molecule has 0 aliphatic carbocycles. The molecule has 0 bridgehead atoms. The zero-order chi connectivity index (χ0) is 12.5. The molecule has 2 aliphatic heterocycles. The second-order valence-corrected chi connectivity index (χ2v) is 7.49. The Morgan fingerprint density at radius 1 is 1.33 bits per heavy atom. The third-order valence-corrected chi connectivity index (χ3v) is 5.91. The highest BCUT2D eigenvalue weighted by molar-refractivity contribution is 7.89. The lowest BCUT2D eigenvalue weighted by molar-refractivity contribution is 0.167. The molecule has 2 heterocycles. The van der Waals surface area contributed by atoms with Crippen LogP contribution in [0.2, 0.25) is 0 Å². The van der Waals surface area contributed by atoms with Gasteiger partial charge in [-0.05, 0) is 37.3 Å². The lowest BCUT2D eigenvalue weighted by Gasteiger charge is -2.24. The second kappa shape index (κ2) is 6.52. The molecule has 0 aromatic rings. The van der Waals surface area contributed by atoms with Crippen molar-refractivity contribution in [1.82, 2.24) is 9.62 Å². The van der Waals surface area contributed by atoms with Gasteiger partial charge in [0.15, 0.2) is 0 Å². The number of rotatable bonds is 4. The number of ether oxygens (including phenoxy) is 1. The van der Waals surface area contributed by atoms with Crippen molar-refractivity contribution in [2.24, 2.45) is 17.8 Å². The summed E-state index contributed by atoms with van der Waals surface area (Å²) >= 11 is 0. The van der Waals surface area contributed by atoms with Gasteiger partial charge in [-0.2, -0.15) is 0 Å². The maximum Gasteiger partial charge on any atom is 0.213 e. The van der Waals surface area contributed by atoms with E-state index < -0.39 is 10.0 Å². The molecule has 2 rings (SSSR count). The lowest BCUT2D eigenvalue weighted by atomic mass is 9.84. The largest absolute Gasteiger partial charge is 0.381 e. The third kappa shape index (κ3) is 3.57. The SMILES string of the molecule is CN(C)S(=O)(=O)CC1CNCC1C1CCOC1.Cl. The first-order valence-corrected chi connectivity index (χ1v) is 7.80. The maximum absolute atomic E-state index is 11.9. The Balaban J connectivity index is 0.00000162. The number of hydrogen-bond acceptors (Lipinski definition) is 4. The van der Waals surface area contributed by atoms with Gasteiger partial charge in [-0.1, -0.05) is 0 Å². The van der Waals surface area contributed by atoms with E-state index in [0.717, 1.165) is 32.7 Å². The van der Waals surface area contributed by atoms with Gasteiger partial charge >= 0.3 is 0 Å². The van der Waals surface area contributed by atoms with Crippen molar-refractivity contribution in [3.05, 3.63) is 0 Å². The van der Waals surface area contributed by atoms with E-state index in [2.05, 4.69) is 5.32 Å². The van der Waals surface area contributed by atoms with Crippen LogP contribution in [0.1, 0.15) is 6.42 Å². The van der Waals surface area contributed by atoms with Gasteiger partial charge in [0.05, 0.1) is 5.75 Å². The molecule has 0 saturated carbocycles. The van der Waals surface area contributed by atoms with Crippen molar-refractivity contribution in [3.63, 3.8) is 0 Å². The predicted octanol–water partition coefficient (Wildman–Crippen LogP) is 0.172. The van der Waals surface area contributed by atoms with E-state index in [1.165, 1.54) is 4.31 Å². The average Bonchev–Trinajstić information content (AvgIpc) is 2.85. The molecule has 2 fully saturated rings. The van der Waals surface area contributed by atoms with E-state index in [4.69, 9.17) is 4.74 Å². The molecule has 0 radical (unpaired) electrons. The molecule has 0 aromatic heterocycles. The predicted molar refractivity (Wildman–Crippen MR) is 73.5 cm³/mol. The van der Waals surface area contributed by atoms with Gasteiger partial charge in [-0.25, -0.2) is 12.7 Å². The Kier molecular flexibility index (Phi) is 5.86. The van der Waals surface area contributed by atoms with Crippen LogP contribution in [-0.2, 0) is 14.8 Å². The molecule has 3 atom stereocenters. The Bertz CT molecular complexity index is 355. The minimum atomic E-state index is -3.09. The van der Waals surface area contributed by atoms with E-state index in [1.807, 2.05) is 0 Å². The highest BCUT2D eigenvalue weighted by atomic mass is 35.5. The minimum Gasteiger partial charge on any atom is -0.381 e. The highest BCUT2D eigenvalue weighted by Crippen LogP contribution is 2.31. The summed E-state index contributed by atoms with van der Waals surface area (Å²) in [5.41, 5.74) is 0. The van der Waals surface area contributed by atoms with E-state index in [-0.39, 0.29) is 24.1 Å². The van der Waals surface area contributed by atoms with Gasteiger partial charge in [-0.15, -0.1) is 12.4 Å². The highest BCUT2D eigenvalue weighted by Gasteiger charge is 2.38. The average molecular weight is 299 g/mol. The molecule has 108 valence electrons. The fourth-order valence-corrected chi connectivity index (χ4v) is 4.00. The molecular formula is C11H23ClN2O3S. The van der Waals surface area contributed by atoms with Crippen LogP contribution in [0.5, 0.6) is 0 Å².